The van der Waals surface area contributed by atoms with Crippen LogP contribution in [-0.2, 0) is 17.9 Å². The van der Waals surface area contributed by atoms with Crippen LogP contribution in [0.25, 0.3) is 10.8 Å². The van der Waals surface area contributed by atoms with Crippen LogP contribution in [0.5, 0.6) is 5.75 Å². The number of ether oxygens (including phenoxy) is 1. The molecule has 0 unspecified atom stereocenters. The normalized spacial score (nSPS) is 12.1. The van der Waals surface area contributed by atoms with Gasteiger partial charge in [0.15, 0.2) is 0 Å². The minimum Gasteiger partial charge on any atom is -0.497 e. The third kappa shape index (κ3) is 5.65. The first-order valence-electron chi connectivity index (χ1n) is 9.61. The van der Waals surface area contributed by atoms with E-state index in [0.717, 1.165) is 29.2 Å². The van der Waals surface area contributed by atoms with E-state index >= 15 is 0 Å². The summed E-state index contributed by atoms with van der Waals surface area (Å²) in [6, 6.07) is 11.2. The largest absolute Gasteiger partial charge is 0.497 e. The Morgan fingerprint density at radius 1 is 1.28 bits per heavy atom. The molecule has 2 heterocycles. The summed E-state index contributed by atoms with van der Waals surface area (Å²) in [6.45, 7) is 5.64. The number of nitrogens with one attached hydrogen (secondary N) is 1. The van der Waals surface area contributed by atoms with Gasteiger partial charge in [0.05, 0.1) is 24.6 Å². The van der Waals surface area contributed by atoms with E-state index in [4.69, 9.17) is 9.15 Å². The van der Waals surface area contributed by atoms with Crippen molar-refractivity contribution in [1.82, 2.24) is 20.4 Å². The molecule has 8 heteroatoms. The third-order valence-electron chi connectivity index (χ3n) is 4.60. The highest BCUT2D eigenvalue weighted by molar-refractivity contribution is 7.13. The maximum Gasteiger partial charge on any atom is 0.257 e. The van der Waals surface area contributed by atoms with E-state index in [1.165, 1.54) is 0 Å². The molecule has 1 N–H and O–H groups in total. The molecule has 0 bridgehead atoms. The zero-order valence-corrected chi connectivity index (χ0v) is 17.7. The Kier molecular flexibility index (Phi) is 7.37. The number of benzene rings is 1. The lowest BCUT2D eigenvalue weighted by Crippen LogP contribution is -2.44. The molecule has 0 aliphatic rings. The number of rotatable bonds is 10. The van der Waals surface area contributed by atoms with Crippen LogP contribution in [0.15, 0.2) is 46.2 Å². The number of amides is 1. The number of thiophene rings is 1. The van der Waals surface area contributed by atoms with Gasteiger partial charge in [-0.2, -0.15) is 0 Å². The van der Waals surface area contributed by atoms with Crippen LogP contribution in [0, 0.1) is 0 Å². The number of carbonyl (C=O) groups excluding carboxylic acids is 1. The summed E-state index contributed by atoms with van der Waals surface area (Å²) in [5.74, 6) is 1.79. The molecule has 29 heavy (non-hydrogen) atoms. The second kappa shape index (κ2) is 10.2. The van der Waals surface area contributed by atoms with E-state index < -0.39 is 0 Å². The maximum absolute atomic E-state index is 12.7. The summed E-state index contributed by atoms with van der Waals surface area (Å²) >= 11 is 1.55. The summed E-state index contributed by atoms with van der Waals surface area (Å²) < 4.78 is 10.9. The van der Waals surface area contributed by atoms with Crippen LogP contribution in [0.4, 0.5) is 0 Å². The number of hydrogen-bond donors (Lipinski definition) is 1. The van der Waals surface area contributed by atoms with Crippen molar-refractivity contribution in [2.24, 2.45) is 0 Å². The SMILES string of the molecule is CCCN(Cc1nnc(-c2cccs2)o1)[C@H](C)C(=O)NCc1ccc(OC)cc1. The van der Waals surface area contributed by atoms with Gasteiger partial charge in [-0.1, -0.05) is 25.1 Å². The van der Waals surface area contributed by atoms with Gasteiger partial charge in [0, 0.05) is 6.54 Å². The Morgan fingerprint density at radius 2 is 2.07 bits per heavy atom. The summed E-state index contributed by atoms with van der Waals surface area (Å²) in [5.41, 5.74) is 1.02. The number of carbonyl (C=O) groups is 1. The Balaban J connectivity index is 1.59. The summed E-state index contributed by atoms with van der Waals surface area (Å²) in [4.78, 5) is 15.7. The Labute approximate surface area is 174 Å². The van der Waals surface area contributed by atoms with Gasteiger partial charge in [-0.3, -0.25) is 9.69 Å². The van der Waals surface area contributed by atoms with Crippen LogP contribution in [-0.4, -0.2) is 40.7 Å². The van der Waals surface area contributed by atoms with Gasteiger partial charge >= 0.3 is 0 Å². The average molecular weight is 415 g/mol. The molecular formula is C21H26N4O3S. The zero-order chi connectivity index (χ0) is 20.6. The third-order valence-corrected chi connectivity index (χ3v) is 5.46. The molecule has 0 fully saturated rings. The van der Waals surface area contributed by atoms with Gasteiger partial charge in [0.25, 0.3) is 5.89 Å². The van der Waals surface area contributed by atoms with Gasteiger partial charge in [-0.25, -0.2) is 0 Å². The van der Waals surface area contributed by atoms with Crippen LogP contribution in [0.1, 0.15) is 31.7 Å². The molecule has 0 aliphatic heterocycles. The zero-order valence-electron chi connectivity index (χ0n) is 16.9. The molecule has 0 saturated heterocycles. The Hall–Kier alpha value is -2.71. The smallest absolute Gasteiger partial charge is 0.257 e. The molecule has 2 aromatic heterocycles. The predicted molar refractivity (Wildman–Crippen MR) is 113 cm³/mol. The molecule has 154 valence electrons. The molecule has 1 amide bonds. The molecule has 7 nitrogen and oxygen atoms in total. The van der Waals surface area contributed by atoms with Gasteiger partial charge in [0.2, 0.25) is 11.8 Å². The average Bonchev–Trinajstić information content (AvgIpc) is 3.43. The van der Waals surface area contributed by atoms with Crippen molar-refractivity contribution in [1.29, 1.82) is 0 Å². The van der Waals surface area contributed by atoms with Crippen molar-refractivity contribution in [3.8, 4) is 16.5 Å². The highest BCUT2D eigenvalue weighted by Gasteiger charge is 2.23. The van der Waals surface area contributed by atoms with E-state index in [1.807, 2.05) is 48.7 Å². The van der Waals surface area contributed by atoms with Crippen molar-refractivity contribution in [2.45, 2.75) is 39.4 Å². The maximum atomic E-state index is 12.7. The van der Waals surface area contributed by atoms with Crippen molar-refractivity contribution in [2.75, 3.05) is 13.7 Å². The Morgan fingerprint density at radius 3 is 2.72 bits per heavy atom. The van der Waals surface area contributed by atoms with E-state index in [2.05, 4.69) is 27.3 Å². The van der Waals surface area contributed by atoms with E-state index in [9.17, 15) is 4.79 Å². The van der Waals surface area contributed by atoms with E-state index in [-0.39, 0.29) is 11.9 Å². The lowest BCUT2D eigenvalue weighted by molar-refractivity contribution is -0.126. The van der Waals surface area contributed by atoms with Crippen molar-refractivity contribution >= 4 is 17.2 Å². The quantitative estimate of drug-likeness (QED) is 0.545. The Bertz CT molecular complexity index is 893. The van der Waals surface area contributed by atoms with Gasteiger partial charge < -0.3 is 14.5 Å². The molecule has 0 radical (unpaired) electrons. The molecule has 1 aromatic carbocycles. The summed E-state index contributed by atoms with van der Waals surface area (Å²) in [6.07, 6.45) is 0.919. The standard InChI is InChI=1S/C21H26N4O3S/c1-4-11-25(14-19-23-24-21(28-19)18-6-5-12-29-18)15(2)20(26)22-13-16-7-9-17(27-3)10-8-16/h5-10,12,15H,4,11,13-14H2,1-3H3,(H,22,26)/t15-/m1/s1. The first-order chi connectivity index (χ1) is 14.1. The number of methoxy groups -OCH3 is 1. The van der Waals surface area contributed by atoms with E-state index in [1.54, 1.807) is 18.4 Å². The molecule has 0 aliphatic carbocycles. The fourth-order valence-corrected chi connectivity index (χ4v) is 3.58. The molecule has 0 spiro atoms. The first-order valence-corrected chi connectivity index (χ1v) is 10.5. The number of nitrogens with zero attached hydrogens (tertiary/aromatic N) is 3. The lowest BCUT2D eigenvalue weighted by atomic mass is 10.2. The minimum absolute atomic E-state index is 0.0349. The summed E-state index contributed by atoms with van der Waals surface area (Å²) in [7, 11) is 1.63. The van der Waals surface area contributed by atoms with Gasteiger partial charge in [-0.15, -0.1) is 21.5 Å². The second-order valence-corrected chi connectivity index (χ2v) is 7.64. The lowest BCUT2D eigenvalue weighted by Gasteiger charge is -2.26. The monoisotopic (exact) mass is 414 g/mol. The van der Waals surface area contributed by atoms with Crippen LogP contribution in [0.3, 0.4) is 0 Å². The highest BCUT2D eigenvalue weighted by atomic mass is 32.1. The predicted octanol–water partition coefficient (Wildman–Crippen LogP) is 3.72. The number of aromatic nitrogens is 2. The van der Waals surface area contributed by atoms with Crippen LogP contribution in [0.2, 0.25) is 0 Å². The summed E-state index contributed by atoms with van der Waals surface area (Å²) in [5, 5.41) is 13.2. The molecule has 3 aromatic rings. The molecule has 3 rings (SSSR count). The van der Waals surface area contributed by atoms with Crippen molar-refractivity contribution in [3.05, 3.63) is 53.2 Å². The fraction of sp³-hybridized carbons (Fsp3) is 0.381. The van der Waals surface area contributed by atoms with Crippen molar-refractivity contribution < 1.29 is 13.9 Å². The fourth-order valence-electron chi connectivity index (χ4n) is 2.93. The van der Waals surface area contributed by atoms with Gasteiger partial charge in [0.1, 0.15) is 5.75 Å². The van der Waals surface area contributed by atoms with Gasteiger partial charge in [-0.05, 0) is 49.0 Å². The highest BCUT2D eigenvalue weighted by Crippen LogP contribution is 2.23. The van der Waals surface area contributed by atoms with E-state index in [0.29, 0.717) is 24.9 Å². The number of hydrogen-bond acceptors (Lipinski definition) is 7. The molecular weight excluding hydrogens is 388 g/mol. The minimum atomic E-state index is -0.315. The second-order valence-electron chi connectivity index (χ2n) is 6.69. The molecule has 0 saturated carbocycles. The van der Waals surface area contributed by atoms with Crippen molar-refractivity contribution in [3.63, 3.8) is 0 Å². The topological polar surface area (TPSA) is 80.5 Å². The van der Waals surface area contributed by atoms with Crippen LogP contribution < -0.4 is 10.1 Å². The first kappa shape index (κ1) is 21.0. The van der Waals surface area contributed by atoms with Crippen LogP contribution >= 0.6 is 11.3 Å². The molecule has 1 atom stereocenters.